The van der Waals surface area contributed by atoms with E-state index in [9.17, 15) is 9.90 Å². The van der Waals surface area contributed by atoms with Crippen LogP contribution >= 0.6 is 0 Å². The molecule has 0 amide bonds. The number of carbonyl (C=O) groups is 1. The van der Waals surface area contributed by atoms with Gasteiger partial charge in [-0.05, 0) is 36.5 Å². The summed E-state index contributed by atoms with van der Waals surface area (Å²) >= 11 is 0. The zero-order valence-corrected chi connectivity index (χ0v) is 12.1. The third-order valence-electron chi connectivity index (χ3n) is 4.98. The highest BCUT2D eigenvalue weighted by Gasteiger charge is 2.47. The molecule has 19 heavy (non-hydrogen) atoms. The van der Waals surface area contributed by atoms with Gasteiger partial charge in [-0.2, -0.15) is 0 Å². The number of aromatic hydroxyl groups is 1. The van der Waals surface area contributed by atoms with E-state index < -0.39 is 0 Å². The van der Waals surface area contributed by atoms with Gasteiger partial charge in [0.05, 0.1) is 12.7 Å². The SMILES string of the molecule is COC(=O)c1ccc(O)c(C2(C)CCCC2(C)C)c1. The molecule has 1 aromatic rings. The monoisotopic (exact) mass is 262 g/mol. The standard InChI is InChI=1S/C16H22O3/c1-15(2)8-5-9-16(15,3)12-10-11(14(18)19-4)6-7-13(12)17/h6-7,10,17H,5,8-9H2,1-4H3. The van der Waals surface area contributed by atoms with E-state index in [4.69, 9.17) is 4.74 Å². The summed E-state index contributed by atoms with van der Waals surface area (Å²) in [4.78, 5) is 11.7. The van der Waals surface area contributed by atoms with Crippen LogP contribution in [0.25, 0.3) is 0 Å². The van der Waals surface area contributed by atoms with Crippen molar-refractivity contribution >= 4 is 5.97 Å². The number of benzene rings is 1. The van der Waals surface area contributed by atoms with E-state index in [2.05, 4.69) is 20.8 Å². The van der Waals surface area contributed by atoms with Gasteiger partial charge in [-0.25, -0.2) is 4.79 Å². The van der Waals surface area contributed by atoms with Crippen LogP contribution in [-0.4, -0.2) is 18.2 Å². The summed E-state index contributed by atoms with van der Waals surface area (Å²) in [6.07, 6.45) is 3.30. The molecule has 0 aliphatic heterocycles. The first-order valence-corrected chi connectivity index (χ1v) is 6.74. The van der Waals surface area contributed by atoms with E-state index in [-0.39, 0.29) is 22.5 Å². The molecule has 0 radical (unpaired) electrons. The zero-order chi connectivity index (χ0) is 14.3. The fourth-order valence-electron chi connectivity index (χ4n) is 3.22. The lowest BCUT2D eigenvalue weighted by Gasteiger charge is -2.39. The molecule has 1 aromatic carbocycles. The molecule has 0 heterocycles. The minimum atomic E-state index is -0.361. The van der Waals surface area contributed by atoms with E-state index in [1.807, 2.05) is 0 Å². The summed E-state index contributed by atoms with van der Waals surface area (Å²) in [5, 5.41) is 10.2. The first kappa shape index (κ1) is 13.9. The van der Waals surface area contributed by atoms with Gasteiger partial charge in [0.1, 0.15) is 5.75 Å². The predicted octanol–water partition coefficient (Wildman–Crippen LogP) is 3.65. The topological polar surface area (TPSA) is 46.5 Å². The molecule has 1 fully saturated rings. The van der Waals surface area contributed by atoms with Crippen LogP contribution in [0, 0.1) is 5.41 Å². The minimum absolute atomic E-state index is 0.110. The summed E-state index contributed by atoms with van der Waals surface area (Å²) in [5.41, 5.74) is 1.36. The van der Waals surface area contributed by atoms with E-state index in [1.54, 1.807) is 18.2 Å². The van der Waals surface area contributed by atoms with Crippen molar-refractivity contribution in [3.8, 4) is 5.75 Å². The number of phenols is 1. The summed E-state index contributed by atoms with van der Waals surface area (Å²) in [5.74, 6) is -0.0919. The third kappa shape index (κ3) is 2.11. The van der Waals surface area contributed by atoms with Crippen LogP contribution in [-0.2, 0) is 10.2 Å². The zero-order valence-electron chi connectivity index (χ0n) is 12.1. The largest absolute Gasteiger partial charge is 0.508 e. The average molecular weight is 262 g/mol. The maximum Gasteiger partial charge on any atom is 0.337 e. The van der Waals surface area contributed by atoms with Gasteiger partial charge in [-0.15, -0.1) is 0 Å². The van der Waals surface area contributed by atoms with Crippen LogP contribution in [0.2, 0.25) is 0 Å². The maximum absolute atomic E-state index is 11.7. The second-order valence-electron chi connectivity index (χ2n) is 6.29. The lowest BCUT2D eigenvalue weighted by Crippen LogP contribution is -2.34. The molecule has 0 spiro atoms. The van der Waals surface area contributed by atoms with Crippen LogP contribution in [0.3, 0.4) is 0 Å². The van der Waals surface area contributed by atoms with Crippen molar-refractivity contribution in [2.24, 2.45) is 5.41 Å². The Hall–Kier alpha value is -1.51. The Bertz CT molecular complexity index is 505. The van der Waals surface area contributed by atoms with Gasteiger partial charge in [0, 0.05) is 11.0 Å². The van der Waals surface area contributed by atoms with Crippen molar-refractivity contribution in [3.63, 3.8) is 0 Å². The van der Waals surface area contributed by atoms with Gasteiger partial charge in [0.25, 0.3) is 0 Å². The Morgan fingerprint density at radius 3 is 2.47 bits per heavy atom. The Balaban J connectivity index is 2.53. The van der Waals surface area contributed by atoms with Gasteiger partial charge in [-0.3, -0.25) is 0 Å². The number of ether oxygens (including phenoxy) is 1. The molecule has 0 aromatic heterocycles. The smallest absolute Gasteiger partial charge is 0.337 e. The Kier molecular flexibility index (Phi) is 3.33. The third-order valence-corrected chi connectivity index (χ3v) is 4.98. The van der Waals surface area contributed by atoms with Crippen molar-refractivity contribution in [1.29, 1.82) is 0 Å². The van der Waals surface area contributed by atoms with Crippen LogP contribution in [0.15, 0.2) is 18.2 Å². The molecular formula is C16H22O3. The molecule has 1 aliphatic carbocycles. The van der Waals surface area contributed by atoms with Gasteiger partial charge < -0.3 is 9.84 Å². The minimum Gasteiger partial charge on any atom is -0.508 e. The van der Waals surface area contributed by atoms with Crippen LogP contribution in [0.1, 0.15) is 56.0 Å². The van der Waals surface area contributed by atoms with Gasteiger partial charge in [0.2, 0.25) is 0 Å². The maximum atomic E-state index is 11.7. The number of hydrogen-bond acceptors (Lipinski definition) is 3. The highest BCUT2D eigenvalue weighted by molar-refractivity contribution is 5.89. The van der Waals surface area contributed by atoms with E-state index in [0.29, 0.717) is 5.56 Å². The van der Waals surface area contributed by atoms with E-state index in [0.717, 1.165) is 24.8 Å². The molecule has 1 N–H and O–H groups in total. The van der Waals surface area contributed by atoms with E-state index in [1.165, 1.54) is 7.11 Å². The number of rotatable bonds is 2. The molecule has 1 saturated carbocycles. The van der Waals surface area contributed by atoms with Crippen molar-refractivity contribution in [1.82, 2.24) is 0 Å². The lowest BCUT2D eigenvalue weighted by molar-refractivity contribution is 0.0600. The molecule has 2 rings (SSSR count). The number of carbonyl (C=O) groups excluding carboxylic acids is 1. The molecular weight excluding hydrogens is 240 g/mol. The van der Waals surface area contributed by atoms with E-state index >= 15 is 0 Å². The summed E-state index contributed by atoms with van der Waals surface area (Å²) < 4.78 is 4.76. The molecule has 3 nitrogen and oxygen atoms in total. The number of phenolic OH excluding ortho intramolecular Hbond substituents is 1. The normalized spacial score (nSPS) is 25.3. The fraction of sp³-hybridized carbons (Fsp3) is 0.562. The summed E-state index contributed by atoms with van der Waals surface area (Å²) in [6, 6.07) is 4.99. The molecule has 104 valence electrons. The highest BCUT2D eigenvalue weighted by atomic mass is 16.5. The Labute approximate surface area is 114 Å². The van der Waals surface area contributed by atoms with Crippen molar-refractivity contribution in [2.45, 2.75) is 45.4 Å². The van der Waals surface area contributed by atoms with Crippen molar-refractivity contribution in [3.05, 3.63) is 29.3 Å². The van der Waals surface area contributed by atoms with Crippen LogP contribution < -0.4 is 0 Å². The first-order valence-electron chi connectivity index (χ1n) is 6.74. The number of hydrogen-bond donors (Lipinski definition) is 1. The van der Waals surface area contributed by atoms with Crippen molar-refractivity contribution in [2.75, 3.05) is 7.11 Å². The first-order chi connectivity index (χ1) is 8.82. The van der Waals surface area contributed by atoms with Crippen LogP contribution in [0.4, 0.5) is 0 Å². The number of esters is 1. The molecule has 3 heteroatoms. The summed E-state index contributed by atoms with van der Waals surface area (Å²) in [7, 11) is 1.37. The number of methoxy groups -OCH3 is 1. The molecule has 0 bridgehead atoms. The summed E-state index contributed by atoms with van der Waals surface area (Å²) in [6.45, 7) is 6.63. The molecule has 1 unspecified atom stereocenters. The Morgan fingerprint density at radius 1 is 1.26 bits per heavy atom. The lowest BCUT2D eigenvalue weighted by atomic mass is 9.65. The van der Waals surface area contributed by atoms with Gasteiger partial charge >= 0.3 is 5.97 Å². The molecule has 0 saturated heterocycles. The fourth-order valence-corrected chi connectivity index (χ4v) is 3.22. The average Bonchev–Trinajstić information content (AvgIpc) is 2.64. The Morgan fingerprint density at radius 2 is 1.95 bits per heavy atom. The molecule has 1 aliphatic rings. The predicted molar refractivity (Wildman–Crippen MR) is 74.4 cm³/mol. The second-order valence-corrected chi connectivity index (χ2v) is 6.29. The van der Waals surface area contributed by atoms with Gasteiger partial charge in [0.15, 0.2) is 0 Å². The van der Waals surface area contributed by atoms with Gasteiger partial charge in [-0.1, -0.05) is 27.2 Å². The van der Waals surface area contributed by atoms with Crippen LogP contribution in [0.5, 0.6) is 5.75 Å². The highest BCUT2D eigenvalue weighted by Crippen LogP contribution is 2.55. The second kappa shape index (κ2) is 4.55. The molecule has 1 atom stereocenters. The van der Waals surface area contributed by atoms with Crippen molar-refractivity contribution < 1.29 is 14.6 Å². The quantitative estimate of drug-likeness (QED) is 0.828.